The van der Waals surface area contributed by atoms with Gasteiger partial charge in [-0.1, -0.05) is 0 Å². The Morgan fingerprint density at radius 3 is 2.89 bits per heavy atom. The number of carboxylic acids is 1. The highest BCUT2D eigenvalue weighted by Gasteiger charge is 2.03. The Morgan fingerprint density at radius 1 is 1.28 bits per heavy atom. The van der Waals surface area contributed by atoms with Gasteiger partial charge in [0, 0.05) is 16.9 Å². The van der Waals surface area contributed by atoms with Crippen molar-refractivity contribution in [2.45, 2.75) is 6.42 Å². The fraction of sp³-hybridized carbons (Fsp3) is 0.167. The zero-order chi connectivity index (χ0) is 13.0. The fourth-order valence-corrected chi connectivity index (χ4v) is 2.27. The number of hydrogen-bond donors (Lipinski definition) is 3. The Balaban J connectivity index is 1.91. The van der Waals surface area contributed by atoms with Crippen LogP contribution in [0.1, 0.15) is 6.42 Å². The number of urea groups is 1. The Morgan fingerprint density at radius 2 is 2.11 bits per heavy atom. The van der Waals surface area contributed by atoms with Gasteiger partial charge in [0.05, 0.1) is 6.42 Å². The molecule has 1 aromatic carbocycles. The van der Waals surface area contributed by atoms with E-state index in [1.807, 2.05) is 29.6 Å². The topological polar surface area (TPSA) is 78.4 Å². The average Bonchev–Trinajstić information content (AvgIpc) is 2.75. The number of rotatable bonds is 4. The third-order valence-corrected chi connectivity index (χ3v) is 3.23. The molecule has 0 bridgehead atoms. The largest absolute Gasteiger partial charge is 0.481 e. The fourth-order valence-electron chi connectivity index (χ4n) is 1.50. The monoisotopic (exact) mass is 264 g/mol. The minimum absolute atomic E-state index is 0.0863. The molecular formula is C12H12N2O3S. The molecule has 2 amide bonds. The predicted octanol–water partition coefficient (Wildman–Crippen LogP) is 2.50. The van der Waals surface area contributed by atoms with Gasteiger partial charge in [-0.25, -0.2) is 4.79 Å². The van der Waals surface area contributed by atoms with Crippen LogP contribution in [0.15, 0.2) is 29.6 Å². The van der Waals surface area contributed by atoms with Crippen molar-refractivity contribution in [1.82, 2.24) is 5.32 Å². The maximum Gasteiger partial charge on any atom is 0.319 e. The van der Waals surface area contributed by atoms with Gasteiger partial charge >= 0.3 is 12.0 Å². The summed E-state index contributed by atoms with van der Waals surface area (Å²) in [5.41, 5.74) is 0.689. The molecule has 0 atom stereocenters. The van der Waals surface area contributed by atoms with Crippen LogP contribution in [0.3, 0.4) is 0 Å². The van der Waals surface area contributed by atoms with Crippen LogP contribution in [-0.4, -0.2) is 23.7 Å². The molecule has 0 saturated heterocycles. The molecule has 0 aliphatic carbocycles. The van der Waals surface area contributed by atoms with Crippen LogP contribution in [0, 0.1) is 0 Å². The van der Waals surface area contributed by atoms with E-state index in [1.165, 1.54) is 0 Å². The molecule has 3 N–H and O–H groups in total. The zero-order valence-electron chi connectivity index (χ0n) is 9.47. The van der Waals surface area contributed by atoms with E-state index in [1.54, 1.807) is 11.3 Å². The smallest absolute Gasteiger partial charge is 0.319 e. The third kappa shape index (κ3) is 3.21. The van der Waals surface area contributed by atoms with Crippen molar-refractivity contribution in [2.24, 2.45) is 0 Å². The van der Waals surface area contributed by atoms with Crippen molar-refractivity contribution < 1.29 is 14.7 Å². The van der Waals surface area contributed by atoms with E-state index in [4.69, 9.17) is 5.11 Å². The third-order valence-electron chi connectivity index (χ3n) is 2.33. The summed E-state index contributed by atoms with van der Waals surface area (Å²) in [6.45, 7) is 0.113. The van der Waals surface area contributed by atoms with Crippen LogP contribution in [0.4, 0.5) is 10.5 Å². The molecule has 2 aromatic rings. The molecule has 0 unspecified atom stereocenters. The van der Waals surface area contributed by atoms with E-state index in [9.17, 15) is 9.59 Å². The van der Waals surface area contributed by atoms with Crippen LogP contribution in [-0.2, 0) is 4.79 Å². The van der Waals surface area contributed by atoms with E-state index in [2.05, 4.69) is 10.6 Å². The Kier molecular flexibility index (Phi) is 3.78. The molecule has 18 heavy (non-hydrogen) atoms. The normalized spacial score (nSPS) is 10.2. The maximum atomic E-state index is 11.5. The molecule has 0 aliphatic rings. The number of benzene rings is 1. The van der Waals surface area contributed by atoms with E-state index >= 15 is 0 Å². The number of nitrogens with one attached hydrogen (secondary N) is 2. The molecule has 94 valence electrons. The number of amides is 2. The molecule has 0 radical (unpaired) electrons. The number of aliphatic carboxylic acids is 1. The summed E-state index contributed by atoms with van der Waals surface area (Å²) in [5.74, 6) is -0.935. The molecule has 0 spiro atoms. The highest BCUT2D eigenvalue weighted by atomic mass is 32.1. The van der Waals surface area contributed by atoms with Gasteiger partial charge in [-0.2, -0.15) is 0 Å². The van der Waals surface area contributed by atoms with Crippen LogP contribution in [0.2, 0.25) is 0 Å². The number of thiophene rings is 1. The van der Waals surface area contributed by atoms with Crippen molar-refractivity contribution in [3.8, 4) is 0 Å². The summed E-state index contributed by atoms with van der Waals surface area (Å²) in [4.78, 5) is 21.7. The first-order valence-corrected chi connectivity index (χ1v) is 6.27. The van der Waals surface area contributed by atoms with Gasteiger partial charge in [0.15, 0.2) is 0 Å². The summed E-state index contributed by atoms with van der Waals surface area (Å²) in [6, 6.07) is 7.21. The lowest BCUT2D eigenvalue weighted by Crippen LogP contribution is -2.30. The SMILES string of the molecule is O=C(O)CCNC(=O)Nc1ccc2sccc2c1. The molecular weight excluding hydrogens is 252 g/mol. The molecule has 6 heteroatoms. The highest BCUT2D eigenvalue weighted by Crippen LogP contribution is 2.23. The molecule has 2 rings (SSSR count). The van der Waals surface area contributed by atoms with Crippen molar-refractivity contribution in [1.29, 1.82) is 0 Å². The van der Waals surface area contributed by atoms with Crippen molar-refractivity contribution in [3.63, 3.8) is 0 Å². The standard InChI is InChI=1S/C12H12N2O3S/c15-11(16)3-5-13-12(17)14-9-1-2-10-8(7-9)4-6-18-10/h1-2,4,6-7H,3,5H2,(H,15,16)(H2,13,14,17). The number of hydrogen-bond acceptors (Lipinski definition) is 3. The predicted molar refractivity (Wildman–Crippen MR) is 71.1 cm³/mol. The highest BCUT2D eigenvalue weighted by molar-refractivity contribution is 7.17. The lowest BCUT2D eigenvalue weighted by molar-refractivity contribution is -0.136. The van der Waals surface area contributed by atoms with E-state index in [0.29, 0.717) is 5.69 Å². The summed E-state index contributed by atoms with van der Waals surface area (Å²) < 4.78 is 1.16. The zero-order valence-corrected chi connectivity index (χ0v) is 10.3. The second-order valence-corrected chi connectivity index (χ2v) is 4.65. The van der Waals surface area contributed by atoms with Gasteiger partial charge < -0.3 is 15.7 Å². The Hall–Kier alpha value is -2.08. The Bertz CT molecular complexity index is 579. The number of anilines is 1. The molecule has 0 saturated carbocycles. The van der Waals surface area contributed by atoms with Crippen LogP contribution in [0.25, 0.3) is 10.1 Å². The number of fused-ring (bicyclic) bond motifs is 1. The quantitative estimate of drug-likeness (QED) is 0.793. The number of carbonyl (C=O) groups is 2. The summed E-state index contributed by atoms with van der Waals surface area (Å²) in [7, 11) is 0. The lowest BCUT2D eigenvalue weighted by atomic mass is 10.2. The van der Waals surface area contributed by atoms with Gasteiger partial charge in [-0.3, -0.25) is 4.79 Å². The van der Waals surface area contributed by atoms with E-state index in [-0.39, 0.29) is 13.0 Å². The molecule has 0 aliphatic heterocycles. The second-order valence-electron chi connectivity index (χ2n) is 3.70. The van der Waals surface area contributed by atoms with Crippen molar-refractivity contribution in [2.75, 3.05) is 11.9 Å². The average molecular weight is 264 g/mol. The molecule has 1 aromatic heterocycles. The number of carboxylic acid groups (broad SMARTS) is 1. The first kappa shape index (κ1) is 12.4. The summed E-state index contributed by atoms with van der Waals surface area (Å²) in [5, 5.41) is 16.6. The van der Waals surface area contributed by atoms with E-state index < -0.39 is 12.0 Å². The molecule has 5 nitrogen and oxygen atoms in total. The van der Waals surface area contributed by atoms with Crippen molar-refractivity contribution in [3.05, 3.63) is 29.6 Å². The molecule has 1 heterocycles. The van der Waals surface area contributed by atoms with Gasteiger partial charge in [0.1, 0.15) is 0 Å². The van der Waals surface area contributed by atoms with Gasteiger partial charge in [-0.05, 0) is 35.0 Å². The summed E-state index contributed by atoms with van der Waals surface area (Å²) >= 11 is 1.64. The first-order chi connectivity index (χ1) is 8.65. The Labute approximate surface area is 107 Å². The minimum atomic E-state index is -0.935. The minimum Gasteiger partial charge on any atom is -0.481 e. The summed E-state index contributed by atoms with van der Waals surface area (Å²) in [6.07, 6.45) is -0.0863. The molecule has 0 fully saturated rings. The van der Waals surface area contributed by atoms with Crippen LogP contribution < -0.4 is 10.6 Å². The van der Waals surface area contributed by atoms with Crippen LogP contribution in [0.5, 0.6) is 0 Å². The van der Waals surface area contributed by atoms with Gasteiger partial charge in [-0.15, -0.1) is 11.3 Å². The maximum absolute atomic E-state index is 11.5. The first-order valence-electron chi connectivity index (χ1n) is 5.39. The second kappa shape index (κ2) is 5.50. The van der Waals surface area contributed by atoms with Crippen LogP contribution >= 0.6 is 11.3 Å². The van der Waals surface area contributed by atoms with Gasteiger partial charge in [0.2, 0.25) is 0 Å². The van der Waals surface area contributed by atoms with Gasteiger partial charge in [0.25, 0.3) is 0 Å². The van der Waals surface area contributed by atoms with Crippen molar-refractivity contribution >= 4 is 39.1 Å². The lowest BCUT2D eigenvalue weighted by Gasteiger charge is -2.06. The van der Waals surface area contributed by atoms with E-state index in [0.717, 1.165) is 10.1 Å². The number of carbonyl (C=O) groups excluding carboxylic acids is 1.